The van der Waals surface area contributed by atoms with Crippen molar-refractivity contribution in [3.05, 3.63) is 0 Å². The normalized spacial score (nSPS) is 16.5. The van der Waals surface area contributed by atoms with Gasteiger partial charge in [-0.15, -0.1) is 0 Å². The van der Waals surface area contributed by atoms with Crippen molar-refractivity contribution in [2.75, 3.05) is 26.5 Å². The Morgan fingerprint density at radius 2 is 1.79 bits per heavy atom. The van der Waals surface area contributed by atoms with Crippen LogP contribution in [0.25, 0.3) is 0 Å². The number of likely N-dealkylation sites (N-methyl/N-ethyl adjacent to an activating group) is 1. The van der Waals surface area contributed by atoms with Crippen LogP contribution in [-0.4, -0.2) is 64.4 Å². The lowest BCUT2D eigenvalue weighted by Gasteiger charge is -2.24. The monoisotopic (exact) mass is 319 g/mol. The van der Waals surface area contributed by atoms with Crippen molar-refractivity contribution in [2.45, 2.75) is 32.5 Å². The molecule has 0 aliphatic carbocycles. The van der Waals surface area contributed by atoms with Gasteiger partial charge in [-0.3, -0.25) is 4.55 Å². The fraction of sp³-hybridized carbons (Fsp3) is 1.00. The second-order valence-corrected chi connectivity index (χ2v) is 7.41. The summed E-state index contributed by atoms with van der Waals surface area (Å²) < 4.78 is 62.8. The molecule has 116 valence electrons. The molecular weight excluding hydrogens is 298 g/mol. The molecule has 0 aromatic carbocycles. The number of hydrogen-bond acceptors (Lipinski definition) is 6. The minimum atomic E-state index is -4.58. The summed E-state index contributed by atoms with van der Waals surface area (Å²) in [6.45, 7) is 3.11. The van der Waals surface area contributed by atoms with Crippen LogP contribution in [0, 0.1) is 0 Å². The van der Waals surface area contributed by atoms with Gasteiger partial charge in [-0.05, 0) is 13.3 Å². The van der Waals surface area contributed by atoms with Crippen LogP contribution < -0.4 is 0 Å². The van der Waals surface area contributed by atoms with Crippen molar-refractivity contribution in [3.8, 4) is 0 Å². The van der Waals surface area contributed by atoms with E-state index in [1.165, 1.54) is 7.05 Å². The molecule has 0 radical (unpaired) electrons. The Balaban J connectivity index is 4.67. The van der Waals surface area contributed by atoms with Gasteiger partial charge in [0.05, 0.1) is 25.1 Å². The largest absolute Gasteiger partial charge is 0.397 e. The lowest BCUT2D eigenvalue weighted by molar-refractivity contribution is -0.0327. The van der Waals surface area contributed by atoms with Crippen molar-refractivity contribution in [3.63, 3.8) is 0 Å². The molecule has 2 atom stereocenters. The standard InChI is InChI=1S/C9H21NO7S2/c1-5-8(2)17-9(7-16-19(13,14)15)6-10(3)18(4,11)12/h8-9H,5-7H2,1-4H3,(H,13,14,15)/t8-,9-/m0/s1. The first kappa shape index (κ1) is 18.7. The number of sulfonamides is 1. The summed E-state index contributed by atoms with van der Waals surface area (Å²) >= 11 is 0. The maximum absolute atomic E-state index is 11.3. The van der Waals surface area contributed by atoms with Crippen molar-refractivity contribution < 1.29 is 30.3 Å². The van der Waals surface area contributed by atoms with Crippen molar-refractivity contribution in [1.82, 2.24) is 4.31 Å². The zero-order valence-electron chi connectivity index (χ0n) is 11.4. The van der Waals surface area contributed by atoms with Gasteiger partial charge in [0.25, 0.3) is 0 Å². The van der Waals surface area contributed by atoms with Gasteiger partial charge in [0.2, 0.25) is 10.0 Å². The Bertz CT molecular complexity index is 459. The molecule has 0 rings (SSSR count). The van der Waals surface area contributed by atoms with Crippen LogP contribution in [0.4, 0.5) is 0 Å². The molecule has 1 N–H and O–H groups in total. The number of hydrogen-bond donors (Lipinski definition) is 1. The van der Waals surface area contributed by atoms with Crippen LogP contribution in [-0.2, 0) is 29.3 Å². The van der Waals surface area contributed by atoms with Crippen LogP contribution in [0.1, 0.15) is 20.3 Å². The first-order valence-corrected chi connectivity index (χ1v) is 8.85. The Hall–Kier alpha value is -0.260. The van der Waals surface area contributed by atoms with Crippen molar-refractivity contribution in [1.29, 1.82) is 0 Å². The molecular formula is C9H21NO7S2. The van der Waals surface area contributed by atoms with Crippen LogP contribution in [0.3, 0.4) is 0 Å². The number of rotatable bonds is 9. The summed E-state index contributed by atoms with van der Waals surface area (Å²) in [6.07, 6.45) is 0.710. The third-order valence-corrected chi connectivity index (χ3v) is 4.14. The molecule has 0 bridgehead atoms. The van der Waals surface area contributed by atoms with Crippen molar-refractivity contribution >= 4 is 20.4 Å². The predicted molar refractivity (Wildman–Crippen MR) is 69.6 cm³/mol. The van der Waals surface area contributed by atoms with E-state index in [0.717, 1.165) is 10.6 Å². The molecule has 0 spiro atoms. The van der Waals surface area contributed by atoms with Crippen LogP contribution in [0.2, 0.25) is 0 Å². The highest BCUT2D eigenvalue weighted by molar-refractivity contribution is 7.88. The number of nitrogens with zero attached hydrogens (tertiary/aromatic N) is 1. The highest BCUT2D eigenvalue weighted by Gasteiger charge is 2.22. The van der Waals surface area contributed by atoms with Gasteiger partial charge in [0.15, 0.2) is 0 Å². The molecule has 0 heterocycles. The molecule has 0 aliphatic heterocycles. The average Bonchev–Trinajstić information content (AvgIpc) is 2.23. The maximum Gasteiger partial charge on any atom is 0.397 e. The lowest BCUT2D eigenvalue weighted by Crippen LogP contribution is -2.39. The number of ether oxygens (including phenoxy) is 1. The summed E-state index contributed by atoms with van der Waals surface area (Å²) in [5.41, 5.74) is 0. The Labute approximate surface area is 114 Å². The SMILES string of the molecule is CC[C@H](C)O[C@H](COS(=O)(=O)O)CN(C)S(C)(=O)=O. The van der Waals surface area contributed by atoms with E-state index in [-0.39, 0.29) is 12.6 Å². The van der Waals surface area contributed by atoms with E-state index < -0.39 is 33.1 Å². The third kappa shape index (κ3) is 9.30. The molecule has 0 saturated carbocycles. The van der Waals surface area contributed by atoms with Gasteiger partial charge in [0.1, 0.15) is 0 Å². The fourth-order valence-corrected chi connectivity index (χ4v) is 1.90. The molecule has 0 aliphatic rings. The Morgan fingerprint density at radius 1 is 1.26 bits per heavy atom. The quantitative estimate of drug-likeness (QED) is 0.590. The fourth-order valence-electron chi connectivity index (χ4n) is 1.14. The molecule has 0 amide bonds. The second-order valence-electron chi connectivity index (χ2n) is 4.23. The summed E-state index contributed by atoms with van der Waals surface area (Å²) in [5.74, 6) is 0. The van der Waals surface area contributed by atoms with Crippen LogP contribution in [0.5, 0.6) is 0 Å². The lowest BCUT2D eigenvalue weighted by atomic mass is 10.3. The van der Waals surface area contributed by atoms with E-state index in [1.54, 1.807) is 6.92 Å². The zero-order valence-corrected chi connectivity index (χ0v) is 13.1. The minimum absolute atomic E-state index is 0.0707. The first-order valence-electron chi connectivity index (χ1n) is 5.64. The average molecular weight is 319 g/mol. The van der Waals surface area contributed by atoms with Gasteiger partial charge in [0, 0.05) is 13.6 Å². The summed E-state index contributed by atoms with van der Waals surface area (Å²) in [6, 6.07) is 0. The summed E-state index contributed by atoms with van der Waals surface area (Å²) in [7, 11) is -6.65. The molecule has 0 aromatic heterocycles. The molecule has 19 heavy (non-hydrogen) atoms. The second kappa shape index (κ2) is 7.50. The van der Waals surface area contributed by atoms with Gasteiger partial charge in [-0.25, -0.2) is 16.9 Å². The topological polar surface area (TPSA) is 110 Å². The molecule has 0 fully saturated rings. The molecule has 0 unspecified atom stereocenters. The van der Waals surface area contributed by atoms with E-state index in [0.29, 0.717) is 6.42 Å². The highest BCUT2D eigenvalue weighted by atomic mass is 32.3. The first-order chi connectivity index (χ1) is 8.45. The molecule has 10 heteroatoms. The highest BCUT2D eigenvalue weighted by Crippen LogP contribution is 2.07. The summed E-state index contributed by atoms with van der Waals surface area (Å²) in [5, 5.41) is 0. The van der Waals surface area contributed by atoms with E-state index in [2.05, 4.69) is 4.18 Å². The smallest absolute Gasteiger partial charge is 0.371 e. The molecule has 0 aromatic rings. The third-order valence-electron chi connectivity index (χ3n) is 2.43. The molecule has 0 saturated heterocycles. The predicted octanol–water partition coefficient (Wildman–Crippen LogP) is -0.119. The Kier molecular flexibility index (Phi) is 7.40. The van der Waals surface area contributed by atoms with E-state index in [1.807, 2.05) is 6.92 Å². The van der Waals surface area contributed by atoms with Gasteiger partial charge in [-0.1, -0.05) is 6.92 Å². The summed E-state index contributed by atoms with van der Waals surface area (Å²) in [4.78, 5) is 0. The van der Waals surface area contributed by atoms with Crippen LogP contribution in [0.15, 0.2) is 0 Å². The van der Waals surface area contributed by atoms with Crippen LogP contribution >= 0.6 is 0 Å². The van der Waals surface area contributed by atoms with Gasteiger partial charge < -0.3 is 4.74 Å². The van der Waals surface area contributed by atoms with E-state index in [4.69, 9.17) is 9.29 Å². The molecule has 8 nitrogen and oxygen atoms in total. The van der Waals surface area contributed by atoms with E-state index in [9.17, 15) is 16.8 Å². The van der Waals surface area contributed by atoms with Crippen molar-refractivity contribution in [2.24, 2.45) is 0 Å². The minimum Gasteiger partial charge on any atom is -0.371 e. The van der Waals surface area contributed by atoms with Gasteiger partial charge in [-0.2, -0.15) is 8.42 Å². The zero-order chi connectivity index (χ0) is 15.3. The van der Waals surface area contributed by atoms with E-state index >= 15 is 0 Å². The van der Waals surface area contributed by atoms with Gasteiger partial charge >= 0.3 is 10.4 Å². The Morgan fingerprint density at radius 3 is 2.16 bits per heavy atom. The maximum atomic E-state index is 11.3.